The molecule has 0 atom stereocenters. The number of aliphatic hydroxyl groups excluding tert-OH is 1. The number of benzene rings is 1. The Hall–Kier alpha value is -1.35. The minimum atomic E-state index is 0.0348. The zero-order chi connectivity index (χ0) is 13.8. The van der Waals surface area contributed by atoms with E-state index in [0.717, 1.165) is 29.5 Å². The van der Waals surface area contributed by atoms with E-state index in [2.05, 4.69) is 0 Å². The fourth-order valence-corrected chi connectivity index (χ4v) is 2.91. The second-order valence-electron chi connectivity index (χ2n) is 5.41. The van der Waals surface area contributed by atoms with Crippen molar-refractivity contribution in [1.29, 1.82) is 0 Å². The molecule has 1 amide bonds. The number of nitrogens with zero attached hydrogens (tertiary/aromatic N) is 1. The number of carbonyl (C=O) groups excluding carboxylic acids is 1. The monoisotopic (exact) mass is 261 g/mol. The third-order valence-corrected chi connectivity index (χ3v) is 4.20. The van der Waals surface area contributed by atoms with Gasteiger partial charge in [0.25, 0.3) is 5.91 Å². The molecule has 3 heteroatoms. The van der Waals surface area contributed by atoms with Crippen molar-refractivity contribution < 1.29 is 9.90 Å². The van der Waals surface area contributed by atoms with Gasteiger partial charge >= 0.3 is 0 Å². The van der Waals surface area contributed by atoms with E-state index in [1.54, 1.807) is 0 Å². The van der Waals surface area contributed by atoms with Gasteiger partial charge in [0.05, 0.1) is 6.61 Å². The van der Waals surface area contributed by atoms with Gasteiger partial charge in [-0.15, -0.1) is 0 Å². The Bertz CT molecular complexity index is 450. The molecule has 1 aromatic rings. The molecule has 1 fully saturated rings. The highest BCUT2D eigenvalue weighted by atomic mass is 16.3. The van der Waals surface area contributed by atoms with Crippen LogP contribution in [-0.4, -0.2) is 35.1 Å². The smallest absolute Gasteiger partial charge is 0.254 e. The molecule has 104 valence electrons. The molecule has 1 saturated carbocycles. The minimum Gasteiger partial charge on any atom is -0.395 e. The first-order chi connectivity index (χ1) is 9.15. The standard InChI is InChI=1S/C16H23NO2/c1-12-6-5-9-15(13(12)2)16(19)17(10-11-18)14-7-3-4-8-14/h5-6,9,14,18H,3-4,7-8,10-11H2,1-2H3. The normalized spacial score (nSPS) is 15.7. The van der Waals surface area contributed by atoms with Gasteiger partial charge in [0.1, 0.15) is 0 Å². The van der Waals surface area contributed by atoms with Crippen molar-refractivity contribution in [3.63, 3.8) is 0 Å². The van der Waals surface area contributed by atoms with Crippen LogP contribution in [0.2, 0.25) is 0 Å². The number of aryl methyl sites for hydroxylation is 1. The van der Waals surface area contributed by atoms with Crippen molar-refractivity contribution in [2.75, 3.05) is 13.2 Å². The SMILES string of the molecule is Cc1cccc(C(=O)N(CCO)C2CCCC2)c1C. The Kier molecular flexibility index (Phi) is 4.59. The first kappa shape index (κ1) is 14.1. The molecule has 0 heterocycles. The summed E-state index contributed by atoms with van der Waals surface area (Å²) in [4.78, 5) is 14.6. The largest absolute Gasteiger partial charge is 0.395 e. The summed E-state index contributed by atoms with van der Waals surface area (Å²) in [7, 11) is 0. The van der Waals surface area contributed by atoms with Gasteiger partial charge < -0.3 is 10.0 Å². The van der Waals surface area contributed by atoms with E-state index in [-0.39, 0.29) is 12.5 Å². The van der Waals surface area contributed by atoms with Crippen molar-refractivity contribution in [2.24, 2.45) is 0 Å². The van der Waals surface area contributed by atoms with Gasteiger partial charge in [-0.2, -0.15) is 0 Å². The predicted molar refractivity (Wildman–Crippen MR) is 76.3 cm³/mol. The summed E-state index contributed by atoms with van der Waals surface area (Å²) >= 11 is 0. The highest BCUT2D eigenvalue weighted by Crippen LogP contribution is 2.25. The molecule has 19 heavy (non-hydrogen) atoms. The molecule has 0 aromatic heterocycles. The lowest BCUT2D eigenvalue weighted by Gasteiger charge is -2.29. The zero-order valence-electron chi connectivity index (χ0n) is 11.9. The zero-order valence-corrected chi connectivity index (χ0v) is 11.9. The number of carbonyl (C=O) groups is 1. The summed E-state index contributed by atoms with van der Waals surface area (Å²) in [5, 5.41) is 9.22. The number of aliphatic hydroxyl groups is 1. The Balaban J connectivity index is 2.25. The lowest BCUT2D eigenvalue weighted by atomic mass is 10.0. The van der Waals surface area contributed by atoms with Crippen molar-refractivity contribution in [1.82, 2.24) is 4.90 Å². The number of hydrogen-bond acceptors (Lipinski definition) is 2. The van der Waals surface area contributed by atoms with Crippen LogP contribution in [0.5, 0.6) is 0 Å². The average Bonchev–Trinajstić information content (AvgIpc) is 2.92. The highest BCUT2D eigenvalue weighted by Gasteiger charge is 2.27. The van der Waals surface area contributed by atoms with E-state index in [4.69, 9.17) is 0 Å². The second-order valence-corrected chi connectivity index (χ2v) is 5.41. The first-order valence-corrected chi connectivity index (χ1v) is 7.13. The fraction of sp³-hybridized carbons (Fsp3) is 0.562. The Labute approximate surface area is 115 Å². The fourth-order valence-electron chi connectivity index (χ4n) is 2.91. The molecular weight excluding hydrogens is 238 g/mol. The molecule has 0 aliphatic heterocycles. The lowest BCUT2D eigenvalue weighted by molar-refractivity contribution is 0.0637. The first-order valence-electron chi connectivity index (χ1n) is 7.13. The topological polar surface area (TPSA) is 40.5 Å². The molecule has 0 saturated heterocycles. The summed E-state index contributed by atoms with van der Waals surface area (Å²) in [6.45, 7) is 4.50. The highest BCUT2D eigenvalue weighted by molar-refractivity contribution is 5.96. The molecular formula is C16H23NO2. The van der Waals surface area contributed by atoms with Crippen molar-refractivity contribution in [2.45, 2.75) is 45.6 Å². The van der Waals surface area contributed by atoms with Gasteiger partial charge in [-0.3, -0.25) is 4.79 Å². The van der Waals surface area contributed by atoms with Gasteiger partial charge in [-0.25, -0.2) is 0 Å². The minimum absolute atomic E-state index is 0.0348. The van der Waals surface area contributed by atoms with E-state index in [1.807, 2.05) is 36.9 Å². The van der Waals surface area contributed by atoms with Crippen LogP contribution in [0.3, 0.4) is 0 Å². The van der Waals surface area contributed by atoms with E-state index in [0.29, 0.717) is 12.6 Å². The van der Waals surface area contributed by atoms with Gasteiger partial charge in [0, 0.05) is 18.2 Å². The predicted octanol–water partition coefficient (Wildman–Crippen LogP) is 2.68. The molecule has 0 spiro atoms. The average molecular weight is 261 g/mol. The van der Waals surface area contributed by atoms with E-state index >= 15 is 0 Å². The molecule has 0 unspecified atom stereocenters. The maximum absolute atomic E-state index is 12.7. The van der Waals surface area contributed by atoms with Crippen LogP contribution in [-0.2, 0) is 0 Å². The van der Waals surface area contributed by atoms with Gasteiger partial charge in [-0.05, 0) is 43.9 Å². The number of hydrogen-bond donors (Lipinski definition) is 1. The van der Waals surface area contributed by atoms with Crippen LogP contribution in [0, 0.1) is 13.8 Å². The summed E-state index contributed by atoms with van der Waals surface area (Å²) in [5.74, 6) is 0.0714. The van der Waals surface area contributed by atoms with Crippen LogP contribution in [0.4, 0.5) is 0 Å². The molecule has 1 aliphatic rings. The van der Waals surface area contributed by atoms with Crippen LogP contribution in [0.25, 0.3) is 0 Å². The quantitative estimate of drug-likeness (QED) is 0.905. The van der Waals surface area contributed by atoms with Crippen molar-refractivity contribution >= 4 is 5.91 Å². The maximum Gasteiger partial charge on any atom is 0.254 e. The summed E-state index contributed by atoms with van der Waals surface area (Å²) in [5.41, 5.74) is 2.97. The van der Waals surface area contributed by atoms with Gasteiger partial charge in [0.15, 0.2) is 0 Å². The van der Waals surface area contributed by atoms with Crippen molar-refractivity contribution in [3.05, 3.63) is 34.9 Å². The van der Waals surface area contributed by atoms with Gasteiger partial charge in [-0.1, -0.05) is 25.0 Å². The Morgan fingerprint density at radius 2 is 2.00 bits per heavy atom. The summed E-state index contributed by atoms with van der Waals surface area (Å²) < 4.78 is 0. The van der Waals surface area contributed by atoms with Gasteiger partial charge in [0.2, 0.25) is 0 Å². The molecule has 0 radical (unpaired) electrons. The second kappa shape index (κ2) is 6.20. The summed E-state index contributed by atoms with van der Waals surface area (Å²) in [6.07, 6.45) is 4.51. The Morgan fingerprint density at radius 3 is 2.63 bits per heavy atom. The number of rotatable bonds is 4. The van der Waals surface area contributed by atoms with E-state index < -0.39 is 0 Å². The summed E-state index contributed by atoms with van der Waals surface area (Å²) in [6, 6.07) is 6.16. The molecule has 0 bridgehead atoms. The van der Waals surface area contributed by atoms with Crippen LogP contribution < -0.4 is 0 Å². The molecule has 3 nitrogen and oxygen atoms in total. The molecule has 2 rings (SSSR count). The van der Waals surface area contributed by atoms with E-state index in [9.17, 15) is 9.90 Å². The molecule has 1 N–H and O–H groups in total. The maximum atomic E-state index is 12.7. The third kappa shape index (κ3) is 2.98. The molecule has 1 aliphatic carbocycles. The van der Waals surface area contributed by atoms with Crippen LogP contribution in [0.1, 0.15) is 47.2 Å². The van der Waals surface area contributed by atoms with Crippen LogP contribution in [0.15, 0.2) is 18.2 Å². The third-order valence-electron chi connectivity index (χ3n) is 4.20. The van der Waals surface area contributed by atoms with E-state index in [1.165, 1.54) is 12.8 Å². The molecule has 1 aromatic carbocycles. The van der Waals surface area contributed by atoms with Crippen molar-refractivity contribution in [3.8, 4) is 0 Å². The van der Waals surface area contributed by atoms with Crippen LogP contribution >= 0.6 is 0 Å². The lowest BCUT2D eigenvalue weighted by Crippen LogP contribution is -2.41. The number of amides is 1. The Morgan fingerprint density at radius 1 is 1.32 bits per heavy atom.